The Balaban J connectivity index is 1.63. The molecule has 6 heteroatoms. The molecule has 3 rings (SSSR count). The Kier molecular flexibility index (Phi) is 6.66. The Labute approximate surface area is 172 Å². The smallest absolute Gasteiger partial charge is 0.251 e. The number of carbonyl (C=O) groups is 2. The second-order valence-corrected chi connectivity index (χ2v) is 7.32. The molecule has 0 aliphatic heterocycles. The summed E-state index contributed by atoms with van der Waals surface area (Å²) in [5.74, 6) is 0.414. The first-order valence-corrected chi connectivity index (χ1v) is 9.75. The maximum atomic E-state index is 12.8. The Morgan fingerprint density at radius 2 is 1.75 bits per heavy atom. The minimum absolute atomic E-state index is 0.0867. The zero-order valence-electron chi connectivity index (χ0n) is 15.5. The van der Waals surface area contributed by atoms with E-state index >= 15 is 0 Å². The van der Waals surface area contributed by atoms with E-state index in [1.165, 1.54) is 0 Å². The molecule has 0 aliphatic rings. The van der Waals surface area contributed by atoms with E-state index in [9.17, 15) is 9.59 Å². The number of nitrogens with one attached hydrogen (secondary N) is 1. The van der Waals surface area contributed by atoms with Gasteiger partial charge in [-0.05, 0) is 55.5 Å². The van der Waals surface area contributed by atoms with E-state index < -0.39 is 0 Å². The Morgan fingerprint density at radius 3 is 2.39 bits per heavy atom. The molecule has 3 aromatic rings. The average molecular weight is 441 g/mol. The number of aryl methyl sites for hydroxylation is 1. The quantitative estimate of drug-likeness (QED) is 0.578. The first-order valence-electron chi connectivity index (χ1n) is 8.96. The van der Waals surface area contributed by atoms with Crippen LogP contribution in [-0.4, -0.2) is 18.4 Å². The van der Waals surface area contributed by atoms with Gasteiger partial charge in [-0.25, -0.2) is 0 Å². The van der Waals surface area contributed by atoms with E-state index in [-0.39, 0.29) is 24.8 Å². The van der Waals surface area contributed by atoms with Gasteiger partial charge < -0.3 is 14.6 Å². The van der Waals surface area contributed by atoms with Crippen molar-refractivity contribution in [1.29, 1.82) is 0 Å². The SMILES string of the molecule is Cc1ccc(N(Cc2ccco2)C(=O)CCNC(=O)c2ccc(Br)cc2)cc1. The lowest BCUT2D eigenvalue weighted by atomic mass is 10.2. The van der Waals surface area contributed by atoms with E-state index in [2.05, 4.69) is 21.2 Å². The van der Waals surface area contributed by atoms with E-state index in [0.717, 1.165) is 15.7 Å². The second kappa shape index (κ2) is 9.37. The normalized spacial score (nSPS) is 10.5. The molecular weight excluding hydrogens is 420 g/mol. The highest BCUT2D eigenvalue weighted by Crippen LogP contribution is 2.19. The van der Waals surface area contributed by atoms with Crippen molar-refractivity contribution < 1.29 is 14.0 Å². The van der Waals surface area contributed by atoms with Crippen molar-refractivity contribution in [3.05, 3.63) is 88.3 Å². The van der Waals surface area contributed by atoms with E-state index in [0.29, 0.717) is 17.9 Å². The molecule has 1 N–H and O–H groups in total. The monoisotopic (exact) mass is 440 g/mol. The summed E-state index contributed by atoms with van der Waals surface area (Å²) >= 11 is 3.34. The van der Waals surface area contributed by atoms with Crippen LogP contribution in [0.15, 0.2) is 75.8 Å². The number of carbonyl (C=O) groups excluding carboxylic acids is 2. The summed E-state index contributed by atoms with van der Waals surface area (Å²) in [6, 6.07) is 18.5. The van der Waals surface area contributed by atoms with Crippen LogP contribution < -0.4 is 10.2 Å². The molecule has 0 saturated heterocycles. The first kappa shape index (κ1) is 19.9. The Morgan fingerprint density at radius 1 is 1.04 bits per heavy atom. The highest BCUT2D eigenvalue weighted by atomic mass is 79.9. The number of benzene rings is 2. The van der Waals surface area contributed by atoms with E-state index in [1.807, 2.05) is 49.4 Å². The topological polar surface area (TPSA) is 62.6 Å². The van der Waals surface area contributed by atoms with Crippen molar-refractivity contribution >= 4 is 33.4 Å². The number of hydrogen-bond donors (Lipinski definition) is 1. The lowest BCUT2D eigenvalue weighted by Crippen LogP contribution is -2.34. The molecule has 0 unspecified atom stereocenters. The molecule has 1 heterocycles. The van der Waals surface area contributed by atoms with Crippen molar-refractivity contribution in [2.24, 2.45) is 0 Å². The molecule has 28 heavy (non-hydrogen) atoms. The average Bonchev–Trinajstić information content (AvgIpc) is 3.20. The fraction of sp³-hybridized carbons (Fsp3) is 0.182. The first-order chi connectivity index (χ1) is 13.5. The fourth-order valence-corrected chi connectivity index (χ4v) is 2.99. The van der Waals surface area contributed by atoms with Gasteiger partial charge in [0.05, 0.1) is 12.8 Å². The standard InChI is InChI=1S/C22H21BrN2O3/c1-16-4-10-19(11-5-16)25(15-20-3-2-14-28-20)21(26)12-13-24-22(27)17-6-8-18(23)9-7-17/h2-11,14H,12-13,15H2,1H3,(H,24,27). The molecule has 0 atom stereocenters. The molecule has 5 nitrogen and oxygen atoms in total. The number of furan rings is 1. The second-order valence-electron chi connectivity index (χ2n) is 6.41. The highest BCUT2D eigenvalue weighted by molar-refractivity contribution is 9.10. The van der Waals surface area contributed by atoms with Crippen molar-refractivity contribution in [3.8, 4) is 0 Å². The molecule has 0 aliphatic carbocycles. The van der Waals surface area contributed by atoms with Gasteiger partial charge in [-0.15, -0.1) is 0 Å². The summed E-state index contributed by atoms with van der Waals surface area (Å²) in [7, 11) is 0. The summed E-state index contributed by atoms with van der Waals surface area (Å²) in [6.07, 6.45) is 1.78. The van der Waals surface area contributed by atoms with E-state index in [1.54, 1.807) is 29.4 Å². The minimum atomic E-state index is -0.201. The molecule has 1 aromatic heterocycles. The summed E-state index contributed by atoms with van der Waals surface area (Å²) in [4.78, 5) is 26.7. The van der Waals surface area contributed by atoms with Gasteiger partial charge in [0.1, 0.15) is 5.76 Å². The van der Waals surface area contributed by atoms with Crippen molar-refractivity contribution in [3.63, 3.8) is 0 Å². The van der Waals surface area contributed by atoms with Crippen LogP contribution in [0.4, 0.5) is 5.69 Å². The molecule has 2 amide bonds. The third-order valence-corrected chi connectivity index (χ3v) is 4.80. The van der Waals surface area contributed by atoms with Gasteiger partial charge in [-0.2, -0.15) is 0 Å². The van der Waals surface area contributed by atoms with Gasteiger partial charge in [0.15, 0.2) is 0 Å². The third kappa shape index (κ3) is 5.33. The van der Waals surface area contributed by atoms with Crippen LogP contribution in [0.1, 0.15) is 28.1 Å². The van der Waals surface area contributed by atoms with Crippen molar-refractivity contribution in [2.45, 2.75) is 19.9 Å². The van der Waals surface area contributed by atoms with Crippen molar-refractivity contribution in [1.82, 2.24) is 5.32 Å². The molecule has 0 spiro atoms. The number of halogens is 1. The van der Waals surface area contributed by atoms with Gasteiger partial charge in [0.25, 0.3) is 5.91 Å². The van der Waals surface area contributed by atoms with Gasteiger partial charge >= 0.3 is 0 Å². The fourth-order valence-electron chi connectivity index (χ4n) is 2.73. The van der Waals surface area contributed by atoms with Gasteiger partial charge in [0.2, 0.25) is 5.91 Å². The van der Waals surface area contributed by atoms with Crippen LogP contribution in [0.5, 0.6) is 0 Å². The zero-order valence-corrected chi connectivity index (χ0v) is 17.1. The summed E-state index contributed by atoms with van der Waals surface area (Å²) in [5, 5.41) is 2.80. The Hall–Kier alpha value is -2.86. The number of hydrogen-bond acceptors (Lipinski definition) is 3. The van der Waals surface area contributed by atoms with Crippen LogP contribution >= 0.6 is 15.9 Å². The molecule has 0 saturated carbocycles. The predicted molar refractivity (Wildman–Crippen MR) is 112 cm³/mol. The van der Waals surface area contributed by atoms with Crippen molar-refractivity contribution in [2.75, 3.05) is 11.4 Å². The van der Waals surface area contributed by atoms with Crippen LogP contribution in [-0.2, 0) is 11.3 Å². The maximum absolute atomic E-state index is 12.8. The predicted octanol–water partition coefficient (Wildman–Crippen LogP) is 4.70. The summed E-state index contributed by atoms with van der Waals surface area (Å²) < 4.78 is 6.31. The molecule has 144 valence electrons. The highest BCUT2D eigenvalue weighted by Gasteiger charge is 2.18. The van der Waals surface area contributed by atoms with Crippen LogP contribution in [0.25, 0.3) is 0 Å². The van der Waals surface area contributed by atoms with Gasteiger partial charge in [-0.1, -0.05) is 33.6 Å². The summed E-state index contributed by atoms with van der Waals surface area (Å²) in [6.45, 7) is 2.60. The lowest BCUT2D eigenvalue weighted by molar-refractivity contribution is -0.118. The van der Waals surface area contributed by atoms with Crippen LogP contribution in [0, 0.1) is 6.92 Å². The number of amides is 2. The Bertz CT molecular complexity index is 919. The van der Waals surface area contributed by atoms with Crippen LogP contribution in [0.3, 0.4) is 0 Å². The molecule has 0 radical (unpaired) electrons. The summed E-state index contributed by atoms with van der Waals surface area (Å²) in [5.41, 5.74) is 2.48. The number of anilines is 1. The van der Waals surface area contributed by atoms with Gasteiger partial charge in [-0.3, -0.25) is 9.59 Å². The molecule has 0 bridgehead atoms. The third-order valence-electron chi connectivity index (χ3n) is 4.27. The maximum Gasteiger partial charge on any atom is 0.251 e. The molecule has 0 fully saturated rings. The zero-order chi connectivity index (χ0) is 19.9. The molecule has 2 aromatic carbocycles. The van der Waals surface area contributed by atoms with Crippen LogP contribution in [0.2, 0.25) is 0 Å². The number of rotatable bonds is 7. The lowest BCUT2D eigenvalue weighted by Gasteiger charge is -2.22. The number of nitrogens with zero attached hydrogens (tertiary/aromatic N) is 1. The largest absolute Gasteiger partial charge is 0.467 e. The minimum Gasteiger partial charge on any atom is -0.467 e. The van der Waals surface area contributed by atoms with E-state index in [4.69, 9.17) is 4.42 Å². The van der Waals surface area contributed by atoms with Gasteiger partial charge in [0, 0.05) is 28.7 Å². The molecular formula is C22H21BrN2O3.